The van der Waals surface area contributed by atoms with Crippen LogP contribution in [0.1, 0.15) is 12.0 Å². The first-order valence-corrected chi connectivity index (χ1v) is 8.02. The maximum atomic E-state index is 11.3. The lowest BCUT2D eigenvalue weighted by Crippen LogP contribution is -2.38. The van der Waals surface area contributed by atoms with Gasteiger partial charge in [-0.15, -0.1) is 0 Å². The van der Waals surface area contributed by atoms with Crippen LogP contribution in [0.5, 0.6) is 0 Å². The highest BCUT2D eigenvalue weighted by atomic mass is 32.2. The molecule has 0 aromatic heterocycles. The Labute approximate surface area is 113 Å². The van der Waals surface area contributed by atoms with Gasteiger partial charge in [-0.1, -0.05) is 12.1 Å². The molecule has 1 aliphatic rings. The molecule has 0 spiro atoms. The molecule has 0 saturated carbocycles. The average molecular weight is 284 g/mol. The zero-order valence-corrected chi connectivity index (χ0v) is 11.8. The highest BCUT2D eigenvalue weighted by molar-refractivity contribution is 7.91. The Morgan fingerprint density at radius 2 is 2.22 bits per heavy atom. The summed E-state index contributed by atoms with van der Waals surface area (Å²) in [5.74, 6) is 0.417. The van der Waals surface area contributed by atoms with E-state index in [4.69, 9.17) is 12.2 Å². The SMILES string of the molecule is Cc1cccc(NC(=S)N[C@@H]2CCS(=O)(=O)C2)c1. The lowest BCUT2D eigenvalue weighted by Gasteiger charge is -2.15. The van der Waals surface area contributed by atoms with E-state index in [0.717, 1.165) is 11.3 Å². The van der Waals surface area contributed by atoms with E-state index >= 15 is 0 Å². The number of hydrogen-bond acceptors (Lipinski definition) is 3. The summed E-state index contributed by atoms with van der Waals surface area (Å²) in [6.07, 6.45) is 0.623. The Morgan fingerprint density at radius 1 is 1.44 bits per heavy atom. The van der Waals surface area contributed by atoms with Crippen molar-refractivity contribution in [1.82, 2.24) is 5.32 Å². The molecule has 0 unspecified atom stereocenters. The minimum absolute atomic E-state index is 0.0696. The van der Waals surface area contributed by atoms with Crippen LogP contribution in [-0.2, 0) is 9.84 Å². The zero-order chi connectivity index (χ0) is 13.2. The maximum Gasteiger partial charge on any atom is 0.171 e. The average Bonchev–Trinajstić information content (AvgIpc) is 2.57. The fourth-order valence-corrected chi connectivity index (χ4v) is 3.94. The van der Waals surface area contributed by atoms with Crippen LogP contribution in [-0.4, -0.2) is 31.1 Å². The number of hydrogen-bond donors (Lipinski definition) is 2. The molecular weight excluding hydrogens is 268 g/mol. The number of aryl methyl sites for hydroxylation is 1. The van der Waals surface area contributed by atoms with Gasteiger partial charge in [0.2, 0.25) is 0 Å². The summed E-state index contributed by atoms with van der Waals surface area (Å²) in [6, 6.07) is 7.79. The van der Waals surface area contributed by atoms with Gasteiger partial charge < -0.3 is 10.6 Å². The minimum Gasteiger partial charge on any atom is -0.359 e. The summed E-state index contributed by atoms with van der Waals surface area (Å²) in [5, 5.41) is 6.58. The minimum atomic E-state index is -2.87. The second-order valence-corrected chi connectivity index (χ2v) is 7.20. The lowest BCUT2D eigenvalue weighted by molar-refractivity contribution is 0.600. The van der Waals surface area contributed by atoms with Gasteiger partial charge in [-0.2, -0.15) is 0 Å². The van der Waals surface area contributed by atoms with Crippen molar-refractivity contribution in [2.24, 2.45) is 0 Å². The molecule has 4 nitrogen and oxygen atoms in total. The normalized spacial score (nSPS) is 21.5. The number of thiocarbonyl (C=S) groups is 1. The van der Waals surface area contributed by atoms with E-state index in [9.17, 15) is 8.42 Å². The first-order valence-electron chi connectivity index (χ1n) is 5.79. The van der Waals surface area contributed by atoms with Crippen LogP contribution in [0.4, 0.5) is 5.69 Å². The first kappa shape index (κ1) is 13.3. The van der Waals surface area contributed by atoms with Gasteiger partial charge in [0.05, 0.1) is 11.5 Å². The number of nitrogens with one attached hydrogen (secondary N) is 2. The topological polar surface area (TPSA) is 58.2 Å². The standard InChI is InChI=1S/C12H16N2O2S2/c1-9-3-2-4-10(7-9)13-12(17)14-11-5-6-18(15,16)8-11/h2-4,7,11H,5-6,8H2,1H3,(H2,13,14,17)/t11-/m1/s1. The summed E-state index contributed by atoms with van der Waals surface area (Å²) >= 11 is 5.17. The van der Waals surface area contributed by atoms with Gasteiger partial charge in [0.25, 0.3) is 0 Å². The van der Waals surface area contributed by atoms with E-state index < -0.39 is 9.84 Å². The van der Waals surface area contributed by atoms with Gasteiger partial charge in [-0.3, -0.25) is 0 Å². The van der Waals surface area contributed by atoms with Crippen molar-refractivity contribution in [2.75, 3.05) is 16.8 Å². The predicted molar refractivity (Wildman–Crippen MR) is 77.6 cm³/mol. The number of anilines is 1. The molecule has 0 aliphatic carbocycles. The van der Waals surface area contributed by atoms with Gasteiger partial charge >= 0.3 is 0 Å². The van der Waals surface area contributed by atoms with Crippen LogP contribution >= 0.6 is 12.2 Å². The van der Waals surface area contributed by atoms with E-state index in [1.54, 1.807) is 0 Å². The lowest BCUT2D eigenvalue weighted by atomic mass is 10.2. The third-order valence-electron chi connectivity index (χ3n) is 2.84. The molecule has 0 radical (unpaired) electrons. The molecule has 1 heterocycles. The smallest absolute Gasteiger partial charge is 0.171 e. The van der Waals surface area contributed by atoms with Crippen LogP contribution < -0.4 is 10.6 Å². The zero-order valence-electron chi connectivity index (χ0n) is 10.1. The van der Waals surface area contributed by atoms with E-state index in [1.165, 1.54) is 0 Å². The fourth-order valence-electron chi connectivity index (χ4n) is 1.98. The molecule has 6 heteroatoms. The van der Waals surface area contributed by atoms with Crippen molar-refractivity contribution in [1.29, 1.82) is 0 Å². The summed E-state index contributed by atoms with van der Waals surface area (Å²) < 4.78 is 22.6. The van der Waals surface area contributed by atoms with Crippen molar-refractivity contribution in [2.45, 2.75) is 19.4 Å². The second kappa shape index (κ2) is 5.24. The van der Waals surface area contributed by atoms with Crippen molar-refractivity contribution in [3.63, 3.8) is 0 Å². The Kier molecular flexibility index (Phi) is 3.87. The monoisotopic (exact) mass is 284 g/mol. The molecule has 1 aliphatic heterocycles. The van der Waals surface area contributed by atoms with Crippen LogP contribution in [0.2, 0.25) is 0 Å². The van der Waals surface area contributed by atoms with E-state index in [2.05, 4.69) is 10.6 Å². The molecule has 1 aromatic rings. The molecule has 18 heavy (non-hydrogen) atoms. The Bertz CT molecular complexity index is 555. The number of benzene rings is 1. The third kappa shape index (κ3) is 3.68. The quantitative estimate of drug-likeness (QED) is 0.805. The highest BCUT2D eigenvalue weighted by Crippen LogP contribution is 2.12. The first-order chi connectivity index (χ1) is 8.44. The van der Waals surface area contributed by atoms with E-state index in [0.29, 0.717) is 11.5 Å². The summed E-state index contributed by atoms with van der Waals surface area (Å²) in [5.41, 5.74) is 2.06. The number of rotatable bonds is 2. The molecule has 2 N–H and O–H groups in total. The van der Waals surface area contributed by atoms with Gasteiger partial charge in [0.15, 0.2) is 14.9 Å². The maximum absolute atomic E-state index is 11.3. The largest absolute Gasteiger partial charge is 0.359 e. The molecule has 0 amide bonds. The highest BCUT2D eigenvalue weighted by Gasteiger charge is 2.28. The third-order valence-corrected chi connectivity index (χ3v) is 4.83. The Balaban J connectivity index is 1.90. The second-order valence-electron chi connectivity index (χ2n) is 4.57. The van der Waals surface area contributed by atoms with Gasteiger partial charge in [0.1, 0.15) is 0 Å². The molecular formula is C12H16N2O2S2. The molecule has 1 saturated heterocycles. The Morgan fingerprint density at radius 3 is 2.83 bits per heavy atom. The molecule has 98 valence electrons. The van der Waals surface area contributed by atoms with Crippen molar-refractivity contribution in [3.05, 3.63) is 29.8 Å². The molecule has 1 atom stereocenters. The molecule has 0 bridgehead atoms. The van der Waals surface area contributed by atoms with Crippen molar-refractivity contribution >= 4 is 32.9 Å². The van der Waals surface area contributed by atoms with Gasteiger partial charge in [-0.05, 0) is 43.3 Å². The molecule has 1 fully saturated rings. The van der Waals surface area contributed by atoms with Crippen LogP contribution in [0, 0.1) is 6.92 Å². The van der Waals surface area contributed by atoms with Crippen molar-refractivity contribution < 1.29 is 8.42 Å². The van der Waals surface area contributed by atoms with Crippen LogP contribution in [0.3, 0.4) is 0 Å². The van der Waals surface area contributed by atoms with Crippen LogP contribution in [0.25, 0.3) is 0 Å². The van der Waals surface area contributed by atoms with E-state index in [1.807, 2.05) is 31.2 Å². The van der Waals surface area contributed by atoms with Crippen LogP contribution in [0.15, 0.2) is 24.3 Å². The number of sulfone groups is 1. The van der Waals surface area contributed by atoms with E-state index in [-0.39, 0.29) is 17.5 Å². The molecule has 2 rings (SSSR count). The summed E-state index contributed by atoms with van der Waals surface area (Å²) in [4.78, 5) is 0. The van der Waals surface area contributed by atoms with Gasteiger partial charge in [0, 0.05) is 11.7 Å². The Hall–Kier alpha value is -1.14. The summed E-state index contributed by atoms with van der Waals surface area (Å²) in [6.45, 7) is 2.01. The fraction of sp³-hybridized carbons (Fsp3) is 0.417. The predicted octanol–water partition coefficient (Wildman–Crippen LogP) is 1.47. The summed E-state index contributed by atoms with van der Waals surface area (Å²) in [7, 11) is -2.87. The molecule has 1 aromatic carbocycles. The van der Waals surface area contributed by atoms with Gasteiger partial charge in [-0.25, -0.2) is 8.42 Å². The van der Waals surface area contributed by atoms with Crippen molar-refractivity contribution in [3.8, 4) is 0 Å².